The molecule has 7 nitrogen and oxygen atoms in total. The lowest BCUT2D eigenvalue weighted by molar-refractivity contribution is 0.102. The fraction of sp³-hybridized carbons (Fsp3) is 0.357. The third-order valence-electron chi connectivity index (χ3n) is 6.88. The summed E-state index contributed by atoms with van der Waals surface area (Å²) in [5.74, 6) is 1.30. The maximum Gasteiger partial charge on any atom is 0.259 e. The van der Waals surface area contributed by atoms with E-state index < -0.39 is 11.7 Å². The van der Waals surface area contributed by atoms with Crippen LogP contribution in [-0.4, -0.2) is 32.3 Å². The SMILES string of the molecule is CCCc1ccnc(NC(=O)c2ccc(-c3nc(C4CCCCC4)n4ccnc(NC)c34)cc2F)c1. The highest BCUT2D eigenvalue weighted by molar-refractivity contribution is 6.04. The van der Waals surface area contributed by atoms with E-state index in [2.05, 4.69) is 31.9 Å². The Hall–Kier alpha value is -3.81. The van der Waals surface area contributed by atoms with E-state index in [-0.39, 0.29) is 5.56 Å². The van der Waals surface area contributed by atoms with Crippen LogP contribution in [0.15, 0.2) is 48.9 Å². The van der Waals surface area contributed by atoms with E-state index in [1.807, 2.05) is 25.4 Å². The summed E-state index contributed by atoms with van der Waals surface area (Å²) in [7, 11) is 1.82. The summed E-state index contributed by atoms with van der Waals surface area (Å²) in [5.41, 5.74) is 3.12. The Morgan fingerprint density at radius 1 is 1.11 bits per heavy atom. The van der Waals surface area contributed by atoms with Crippen molar-refractivity contribution in [3.05, 3.63) is 71.7 Å². The fourth-order valence-electron chi connectivity index (χ4n) is 5.11. The van der Waals surface area contributed by atoms with Gasteiger partial charge in [-0.1, -0.05) is 38.7 Å². The molecule has 1 amide bonds. The average molecular weight is 487 g/mol. The first-order valence-electron chi connectivity index (χ1n) is 12.7. The molecule has 0 saturated heterocycles. The Morgan fingerprint density at radius 2 is 1.94 bits per heavy atom. The highest BCUT2D eigenvalue weighted by Gasteiger charge is 2.25. The largest absolute Gasteiger partial charge is 0.371 e. The molecule has 1 aromatic carbocycles. The summed E-state index contributed by atoms with van der Waals surface area (Å²) in [6, 6.07) is 8.38. The molecule has 0 spiro atoms. The summed E-state index contributed by atoms with van der Waals surface area (Å²) in [4.78, 5) is 26.5. The topological polar surface area (TPSA) is 84.2 Å². The number of nitrogens with zero attached hydrogens (tertiary/aromatic N) is 4. The Kier molecular flexibility index (Phi) is 6.93. The van der Waals surface area contributed by atoms with Gasteiger partial charge in [-0.25, -0.2) is 19.3 Å². The van der Waals surface area contributed by atoms with Gasteiger partial charge in [0.25, 0.3) is 5.91 Å². The Balaban J connectivity index is 1.49. The monoisotopic (exact) mass is 486 g/mol. The van der Waals surface area contributed by atoms with E-state index in [1.54, 1.807) is 18.5 Å². The van der Waals surface area contributed by atoms with Gasteiger partial charge in [-0.2, -0.15) is 0 Å². The lowest BCUT2D eigenvalue weighted by Gasteiger charge is -2.20. The average Bonchev–Trinajstić information content (AvgIpc) is 3.29. The molecule has 0 unspecified atom stereocenters. The summed E-state index contributed by atoms with van der Waals surface area (Å²) < 4.78 is 17.4. The number of anilines is 2. The van der Waals surface area contributed by atoms with Gasteiger partial charge in [0.2, 0.25) is 0 Å². The minimum atomic E-state index is -0.607. The van der Waals surface area contributed by atoms with Gasteiger partial charge in [-0.05, 0) is 49.1 Å². The highest BCUT2D eigenvalue weighted by atomic mass is 19.1. The van der Waals surface area contributed by atoms with Crippen LogP contribution in [0, 0.1) is 5.82 Å². The molecule has 1 aliphatic rings. The maximum absolute atomic E-state index is 15.3. The molecular weight excluding hydrogens is 455 g/mol. The van der Waals surface area contributed by atoms with Gasteiger partial charge in [-0.3, -0.25) is 9.20 Å². The number of halogens is 1. The van der Waals surface area contributed by atoms with Crippen LogP contribution in [0.2, 0.25) is 0 Å². The second kappa shape index (κ2) is 10.4. The lowest BCUT2D eigenvalue weighted by Crippen LogP contribution is -2.15. The van der Waals surface area contributed by atoms with Crippen molar-refractivity contribution in [1.29, 1.82) is 0 Å². The van der Waals surface area contributed by atoms with Crippen molar-refractivity contribution in [3.63, 3.8) is 0 Å². The number of amides is 1. The van der Waals surface area contributed by atoms with E-state index in [0.717, 1.165) is 42.6 Å². The molecule has 36 heavy (non-hydrogen) atoms. The lowest BCUT2D eigenvalue weighted by atomic mass is 9.89. The third kappa shape index (κ3) is 4.67. The number of carbonyl (C=O) groups excluding carboxylic acids is 1. The van der Waals surface area contributed by atoms with E-state index >= 15 is 4.39 Å². The summed E-state index contributed by atoms with van der Waals surface area (Å²) >= 11 is 0. The Morgan fingerprint density at radius 3 is 2.69 bits per heavy atom. The normalized spacial score (nSPS) is 14.2. The zero-order chi connectivity index (χ0) is 25.1. The minimum Gasteiger partial charge on any atom is -0.371 e. The van der Waals surface area contributed by atoms with Crippen LogP contribution >= 0.6 is 0 Å². The number of imidazole rings is 1. The molecule has 1 fully saturated rings. The molecule has 5 rings (SSSR count). The van der Waals surface area contributed by atoms with Crippen LogP contribution in [0.5, 0.6) is 0 Å². The number of nitrogens with one attached hydrogen (secondary N) is 2. The van der Waals surface area contributed by atoms with Crippen LogP contribution in [0.3, 0.4) is 0 Å². The quantitative estimate of drug-likeness (QED) is 0.324. The van der Waals surface area contributed by atoms with Crippen molar-refractivity contribution in [2.24, 2.45) is 0 Å². The van der Waals surface area contributed by atoms with E-state index in [9.17, 15) is 4.79 Å². The molecule has 4 aromatic rings. The van der Waals surface area contributed by atoms with Crippen LogP contribution in [0.4, 0.5) is 16.0 Å². The number of fused-ring (bicyclic) bond motifs is 1. The van der Waals surface area contributed by atoms with Crippen molar-refractivity contribution in [1.82, 2.24) is 19.4 Å². The minimum absolute atomic E-state index is 0.0376. The molecule has 3 aromatic heterocycles. The van der Waals surface area contributed by atoms with E-state index in [4.69, 9.17) is 4.98 Å². The van der Waals surface area contributed by atoms with Crippen molar-refractivity contribution < 1.29 is 9.18 Å². The zero-order valence-electron chi connectivity index (χ0n) is 20.7. The standard InChI is InChI=1S/C28H31FN6O/c1-3-7-18-12-13-31-23(16-18)33-28(36)21-11-10-20(17-22(21)29)24-25-26(30-2)32-14-15-35(25)27(34-24)19-8-5-4-6-9-19/h10-17,19H,3-9H2,1-2H3,(H,30,32)(H,31,33,36). The van der Waals surface area contributed by atoms with Crippen molar-refractivity contribution in [3.8, 4) is 11.3 Å². The molecule has 186 valence electrons. The molecule has 0 aliphatic heterocycles. The van der Waals surface area contributed by atoms with Crippen LogP contribution in [0.1, 0.15) is 73.1 Å². The van der Waals surface area contributed by atoms with Crippen LogP contribution in [-0.2, 0) is 6.42 Å². The van der Waals surface area contributed by atoms with Gasteiger partial charge in [0.1, 0.15) is 28.7 Å². The molecule has 0 atom stereocenters. The van der Waals surface area contributed by atoms with Crippen molar-refractivity contribution >= 4 is 23.1 Å². The van der Waals surface area contributed by atoms with Gasteiger partial charge in [0.05, 0.1) is 5.56 Å². The summed E-state index contributed by atoms with van der Waals surface area (Å²) in [5, 5.41) is 5.87. The number of carbonyl (C=O) groups is 1. The molecule has 8 heteroatoms. The Labute approximate surface area is 210 Å². The summed E-state index contributed by atoms with van der Waals surface area (Å²) in [6.45, 7) is 2.09. The molecule has 1 aliphatic carbocycles. The van der Waals surface area contributed by atoms with Gasteiger partial charge < -0.3 is 10.6 Å². The summed E-state index contributed by atoms with van der Waals surface area (Å²) in [6.07, 6.45) is 13.0. The fourth-order valence-corrected chi connectivity index (χ4v) is 5.11. The number of hydrogen-bond donors (Lipinski definition) is 2. The van der Waals surface area contributed by atoms with Crippen molar-refractivity contribution in [2.75, 3.05) is 17.7 Å². The molecular formula is C28H31FN6O. The molecule has 2 N–H and O–H groups in total. The second-order valence-electron chi connectivity index (χ2n) is 9.35. The number of hydrogen-bond acceptors (Lipinski definition) is 5. The zero-order valence-corrected chi connectivity index (χ0v) is 20.7. The predicted molar refractivity (Wildman–Crippen MR) is 140 cm³/mol. The smallest absolute Gasteiger partial charge is 0.259 e. The molecule has 0 bridgehead atoms. The van der Waals surface area contributed by atoms with Crippen LogP contribution < -0.4 is 10.6 Å². The first kappa shape index (κ1) is 23.9. The highest BCUT2D eigenvalue weighted by Crippen LogP contribution is 2.37. The van der Waals surface area contributed by atoms with Gasteiger partial charge in [0, 0.05) is 37.1 Å². The Bertz CT molecular complexity index is 1390. The third-order valence-corrected chi connectivity index (χ3v) is 6.88. The van der Waals surface area contributed by atoms with Gasteiger partial charge >= 0.3 is 0 Å². The van der Waals surface area contributed by atoms with E-state index in [0.29, 0.717) is 28.8 Å². The number of rotatable bonds is 7. The predicted octanol–water partition coefficient (Wildman–Crippen LogP) is 6.22. The van der Waals surface area contributed by atoms with Crippen LogP contribution in [0.25, 0.3) is 16.8 Å². The first-order chi connectivity index (χ1) is 17.6. The second-order valence-corrected chi connectivity index (χ2v) is 9.35. The number of aryl methyl sites for hydroxylation is 1. The first-order valence-corrected chi connectivity index (χ1v) is 12.7. The molecule has 0 radical (unpaired) electrons. The molecule has 3 heterocycles. The maximum atomic E-state index is 15.3. The van der Waals surface area contributed by atoms with E-state index in [1.165, 1.54) is 31.4 Å². The van der Waals surface area contributed by atoms with Gasteiger partial charge in [-0.15, -0.1) is 0 Å². The van der Waals surface area contributed by atoms with Crippen molar-refractivity contribution in [2.45, 2.75) is 57.8 Å². The van der Waals surface area contributed by atoms with Gasteiger partial charge in [0.15, 0.2) is 5.82 Å². The number of pyridine rings is 1. The number of benzene rings is 1. The molecule has 1 saturated carbocycles. The number of aromatic nitrogens is 4.